The minimum absolute atomic E-state index is 0.748. The average Bonchev–Trinajstić information content (AvgIpc) is 2.37. The van der Waals surface area contributed by atoms with E-state index in [1.807, 2.05) is 41.4 Å². The van der Waals surface area contributed by atoms with Crippen LogP contribution in [0, 0.1) is 0 Å². The van der Waals surface area contributed by atoms with Crippen LogP contribution in [-0.2, 0) is 0 Å². The van der Waals surface area contributed by atoms with Gasteiger partial charge >= 0.3 is 0 Å². The standard InChI is InChI=1S/C7H10S4/c1-2-3-9-4-6-5-10-7(8)11-6/h2,6H,1,3-5H2. The maximum absolute atomic E-state index is 5.07. The molecule has 0 amide bonds. The van der Waals surface area contributed by atoms with Gasteiger partial charge in [0, 0.05) is 22.5 Å². The Bertz CT molecular complexity index is 155. The van der Waals surface area contributed by atoms with Crippen molar-refractivity contribution >= 4 is 51.0 Å². The van der Waals surface area contributed by atoms with Gasteiger partial charge in [-0.3, -0.25) is 0 Å². The van der Waals surface area contributed by atoms with Crippen LogP contribution >= 0.6 is 47.5 Å². The van der Waals surface area contributed by atoms with E-state index in [0.717, 1.165) is 14.5 Å². The highest BCUT2D eigenvalue weighted by Crippen LogP contribution is 2.34. The molecular weight excluding hydrogens is 212 g/mol. The zero-order chi connectivity index (χ0) is 8.10. The molecule has 0 N–H and O–H groups in total. The Balaban J connectivity index is 2.08. The van der Waals surface area contributed by atoms with Crippen LogP contribution in [0.4, 0.5) is 0 Å². The quantitative estimate of drug-likeness (QED) is 0.407. The van der Waals surface area contributed by atoms with Gasteiger partial charge in [-0.15, -0.1) is 30.1 Å². The summed E-state index contributed by atoms with van der Waals surface area (Å²) < 4.78 is 1.12. The second-order valence-corrected chi connectivity index (χ2v) is 6.73. The van der Waals surface area contributed by atoms with Crippen molar-refractivity contribution in [1.29, 1.82) is 0 Å². The number of thioether (sulfide) groups is 3. The topological polar surface area (TPSA) is 0 Å². The summed E-state index contributed by atoms with van der Waals surface area (Å²) in [5.41, 5.74) is 0. The second-order valence-electron chi connectivity index (χ2n) is 2.13. The Labute approximate surface area is 86.0 Å². The predicted molar refractivity (Wildman–Crippen MR) is 64.0 cm³/mol. The van der Waals surface area contributed by atoms with Gasteiger partial charge in [-0.1, -0.05) is 18.3 Å². The number of hydrogen-bond donors (Lipinski definition) is 0. The van der Waals surface area contributed by atoms with Crippen molar-refractivity contribution in [2.75, 3.05) is 17.3 Å². The van der Waals surface area contributed by atoms with E-state index >= 15 is 0 Å². The molecule has 1 unspecified atom stereocenters. The van der Waals surface area contributed by atoms with Crippen molar-refractivity contribution in [3.05, 3.63) is 12.7 Å². The van der Waals surface area contributed by atoms with E-state index in [9.17, 15) is 0 Å². The summed E-state index contributed by atoms with van der Waals surface area (Å²) in [7, 11) is 0. The molecule has 0 aromatic rings. The summed E-state index contributed by atoms with van der Waals surface area (Å²) in [6, 6.07) is 0. The minimum Gasteiger partial charge on any atom is -0.157 e. The molecule has 0 spiro atoms. The van der Waals surface area contributed by atoms with E-state index < -0.39 is 0 Å². The van der Waals surface area contributed by atoms with Gasteiger partial charge in [-0.2, -0.15) is 11.8 Å². The van der Waals surface area contributed by atoms with Crippen LogP contribution in [0.1, 0.15) is 0 Å². The van der Waals surface area contributed by atoms with E-state index in [1.165, 1.54) is 11.5 Å². The fraction of sp³-hybridized carbons (Fsp3) is 0.571. The molecule has 0 aliphatic carbocycles. The van der Waals surface area contributed by atoms with Crippen LogP contribution in [0.5, 0.6) is 0 Å². The molecule has 0 aromatic heterocycles. The summed E-state index contributed by atoms with van der Waals surface area (Å²) in [5.74, 6) is 3.48. The average molecular weight is 222 g/mol. The summed E-state index contributed by atoms with van der Waals surface area (Å²) in [4.78, 5) is 0. The number of thiocarbonyl (C=S) groups is 1. The Hall–Kier alpha value is 0.880. The first-order valence-electron chi connectivity index (χ1n) is 3.35. The lowest BCUT2D eigenvalue weighted by Crippen LogP contribution is -2.04. The number of hydrogen-bond acceptors (Lipinski definition) is 4. The Morgan fingerprint density at radius 3 is 3.18 bits per heavy atom. The molecule has 4 heteroatoms. The zero-order valence-corrected chi connectivity index (χ0v) is 9.38. The van der Waals surface area contributed by atoms with Gasteiger partial charge in [-0.05, 0) is 0 Å². The summed E-state index contributed by atoms with van der Waals surface area (Å²) >= 11 is 10.7. The lowest BCUT2D eigenvalue weighted by atomic mass is 10.5. The van der Waals surface area contributed by atoms with Gasteiger partial charge in [-0.25, -0.2) is 0 Å². The highest BCUT2D eigenvalue weighted by atomic mass is 32.2. The zero-order valence-electron chi connectivity index (χ0n) is 6.12. The third-order valence-corrected chi connectivity index (χ3v) is 5.67. The molecule has 0 radical (unpaired) electrons. The van der Waals surface area contributed by atoms with Crippen LogP contribution < -0.4 is 0 Å². The largest absolute Gasteiger partial charge is 0.157 e. The molecule has 1 aliphatic rings. The van der Waals surface area contributed by atoms with Crippen molar-refractivity contribution in [2.24, 2.45) is 0 Å². The first-order chi connectivity index (χ1) is 5.33. The molecular formula is C7H10S4. The van der Waals surface area contributed by atoms with Crippen molar-refractivity contribution < 1.29 is 0 Å². The van der Waals surface area contributed by atoms with Crippen LogP contribution in [-0.4, -0.2) is 26.0 Å². The summed E-state index contributed by atoms with van der Waals surface area (Å²) in [6.45, 7) is 3.68. The molecule has 1 rings (SSSR count). The molecule has 62 valence electrons. The highest BCUT2D eigenvalue weighted by molar-refractivity contribution is 8.49. The molecule has 0 saturated carbocycles. The molecule has 11 heavy (non-hydrogen) atoms. The van der Waals surface area contributed by atoms with Crippen molar-refractivity contribution in [1.82, 2.24) is 0 Å². The van der Waals surface area contributed by atoms with E-state index in [2.05, 4.69) is 6.58 Å². The van der Waals surface area contributed by atoms with Crippen LogP contribution in [0.2, 0.25) is 0 Å². The van der Waals surface area contributed by atoms with Crippen molar-refractivity contribution in [2.45, 2.75) is 5.25 Å². The number of rotatable bonds is 4. The fourth-order valence-electron chi connectivity index (χ4n) is 0.730. The van der Waals surface area contributed by atoms with Crippen LogP contribution in [0.15, 0.2) is 12.7 Å². The van der Waals surface area contributed by atoms with Crippen LogP contribution in [0.25, 0.3) is 0 Å². The van der Waals surface area contributed by atoms with Gasteiger partial charge in [0.1, 0.15) is 3.53 Å². The molecule has 1 heterocycles. The maximum Gasteiger partial charge on any atom is 0.104 e. The van der Waals surface area contributed by atoms with Gasteiger partial charge in [0.05, 0.1) is 0 Å². The van der Waals surface area contributed by atoms with Crippen molar-refractivity contribution in [3.8, 4) is 0 Å². The van der Waals surface area contributed by atoms with E-state index in [-0.39, 0.29) is 0 Å². The van der Waals surface area contributed by atoms with Gasteiger partial charge in [0.25, 0.3) is 0 Å². The normalized spacial score (nSPS) is 24.0. The van der Waals surface area contributed by atoms with Gasteiger partial charge < -0.3 is 0 Å². The third-order valence-electron chi connectivity index (χ3n) is 1.19. The summed E-state index contributed by atoms with van der Waals surface area (Å²) in [5, 5.41) is 0.748. The highest BCUT2D eigenvalue weighted by Gasteiger charge is 2.20. The first kappa shape index (κ1) is 9.96. The molecule has 0 nitrogen and oxygen atoms in total. The van der Waals surface area contributed by atoms with Crippen molar-refractivity contribution in [3.63, 3.8) is 0 Å². The lowest BCUT2D eigenvalue weighted by molar-refractivity contribution is 1.17. The molecule has 1 fully saturated rings. The first-order valence-corrected chi connectivity index (χ1v) is 6.78. The van der Waals surface area contributed by atoms with Gasteiger partial charge in [0.15, 0.2) is 0 Å². The molecule has 1 atom stereocenters. The molecule has 1 saturated heterocycles. The minimum atomic E-state index is 0.748. The van der Waals surface area contributed by atoms with Crippen LogP contribution in [0.3, 0.4) is 0 Å². The molecule has 0 aromatic carbocycles. The predicted octanol–water partition coefficient (Wildman–Crippen LogP) is 3.04. The Kier molecular flexibility index (Phi) is 4.99. The fourth-order valence-corrected chi connectivity index (χ4v) is 4.81. The van der Waals surface area contributed by atoms with E-state index in [4.69, 9.17) is 12.2 Å². The Morgan fingerprint density at radius 2 is 2.64 bits per heavy atom. The molecule has 0 bridgehead atoms. The van der Waals surface area contributed by atoms with E-state index in [0.29, 0.717) is 0 Å². The second kappa shape index (κ2) is 5.51. The van der Waals surface area contributed by atoms with E-state index in [1.54, 1.807) is 0 Å². The molecule has 1 aliphatic heterocycles. The Morgan fingerprint density at radius 1 is 1.82 bits per heavy atom. The smallest absolute Gasteiger partial charge is 0.104 e. The van der Waals surface area contributed by atoms with Gasteiger partial charge in [0.2, 0.25) is 0 Å². The monoisotopic (exact) mass is 222 g/mol. The SMILES string of the molecule is C=CCSCC1CSC(=S)S1. The summed E-state index contributed by atoms with van der Waals surface area (Å²) in [6.07, 6.45) is 1.95. The third kappa shape index (κ3) is 3.87. The maximum atomic E-state index is 5.07. The lowest BCUT2D eigenvalue weighted by Gasteiger charge is -2.03.